The minimum Gasteiger partial charge on any atom is -0.496 e. The Balaban J connectivity index is 2.74. The van der Waals surface area contributed by atoms with Crippen molar-refractivity contribution in [3.8, 4) is 17.0 Å². The van der Waals surface area contributed by atoms with E-state index in [0.717, 1.165) is 28.1 Å². The van der Waals surface area contributed by atoms with Crippen molar-refractivity contribution in [2.24, 2.45) is 0 Å². The Morgan fingerprint density at radius 3 is 2.50 bits per heavy atom. The number of nitrogens with zero attached hydrogens (tertiary/aromatic N) is 2. The molecule has 0 aliphatic carbocycles. The molecule has 0 radical (unpaired) electrons. The van der Waals surface area contributed by atoms with Crippen LogP contribution < -0.4 is 4.74 Å². The lowest BCUT2D eigenvalue weighted by atomic mass is 9.97. The second-order valence-electron chi connectivity index (χ2n) is 4.25. The van der Waals surface area contributed by atoms with Crippen molar-refractivity contribution >= 4 is 11.6 Å². The molecule has 1 heterocycles. The summed E-state index contributed by atoms with van der Waals surface area (Å²) in [6.07, 6.45) is 1.65. The summed E-state index contributed by atoms with van der Waals surface area (Å²) in [4.78, 5) is 8.16. The van der Waals surface area contributed by atoms with Gasteiger partial charge in [0.25, 0.3) is 0 Å². The Kier molecular flexibility index (Phi) is 3.53. The Labute approximate surface area is 112 Å². The Morgan fingerprint density at radius 1 is 1.17 bits per heavy atom. The molecule has 0 N–H and O–H groups in total. The first-order valence-corrected chi connectivity index (χ1v) is 6.06. The molecular formula is C14H15ClN2O. The molecule has 1 aromatic carbocycles. The highest BCUT2D eigenvalue weighted by Gasteiger charge is 2.15. The van der Waals surface area contributed by atoms with E-state index < -0.39 is 0 Å². The maximum Gasteiger partial charge on any atom is 0.222 e. The predicted molar refractivity (Wildman–Crippen MR) is 73.2 cm³/mol. The molecule has 94 valence electrons. The van der Waals surface area contributed by atoms with E-state index in [2.05, 4.69) is 23.0 Å². The van der Waals surface area contributed by atoms with E-state index in [1.165, 1.54) is 5.56 Å². The van der Waals surface area contributed by atoms with Crippen LogP contribution in [0, 0.1) is 20.8 Å². The van der Waals surface area contributed by atoms with E-state index in [0.29, 0.717) is 0 Å². The SMILES string of the molecule is COc1c(C)c(C)cc(C)c1-c1ccnc(Cl)n1. The van der Waals surface area contributed by atoms with Crippen LogP contribution in [0.3, 0.4) is 0 Å². The van der Waals surface area contributed by atoms with Crippen LogP contribution in [-0.4, -0.2) is 17.1 Å². The number of hydrogen-bond acceptors (Lipinski definition) is 3. The molecule has 0 fully saturated rings. The van der Waals surface area contributed by atoms with E-state index in [1.807, 2.05) is 19.9 Å². The second kappa shape index (κ2) is 4.94. The second-order valence-corrected chi connectivity index (χ2v) is 4.59. The van der Waals surface area contributed by atoms with Crippen LogP contribution in [-0.2, 0) is 0 Å². The van der Waals surface area contributed by atoms with Gasteiger partial charge in [0.15, 0.2) is 0 Å². The third-order valence-electron chi connectivity index (χ3n) is 3.07. The third-order valence-corrected chi connectivity index (χ3v) is 3.26. The van der Waals surface area contributed by atoms with Crippen molar-refractivity contribution in [2.45, 2.75) is 20.8 Å². The van der Waals surface area contributed by atoms with Crippen molar-refractivity contribution in [3.05, 3.63) is 40.3 Å². The monoisotopic (exact) mass is 262 g/mol. The zero-order chi connectivity index (χ0) is 13.3. The molecule has 18 heavy (non-hydrogen) atoms. The number of hydrogen-bond donors (Lipinski definition) is 0. The molecule has 2 rings (SSSR count). The number of aromatic nitrogens is 2. The molecule has 0 saturated carbocycles. The van der Waals surface area contributed by atoms with Gasteiger partial charge in [-0.15, -0.1) is 0 Å². The molecule has 0 aliphatic heterocycles. The predicted octanol–water partition coefficient (Wildman–Crippen LogP) is 3.73. The molecule has 0 saturated heterocycles. The maximum absolute atomic E-state index is 5.85. The van der Waals surface area contributed by atoms with Crippen LogP contribution >= 0.6 is 11.6 Å². The first-order chi connectivity index (χ1) is 8.54. The summed E-state index contributed by atoms with van der Waals surface area (Å²) in [6, 6.07) is 3.97. The molecule has 2 aromatic rings. The molecule has 0 unspecified atom stereocenters. The molecule has 1 aromatic heterocycles. The van der Waals surface area contributed by atoms with Gasteiger partial charge in [0.2, 0.25) is 5.28 Å². The molecule has 4 heteroatoms. The quantitative estimate of drug-likeness (QED) is 0.774. The largest absolute Gasteiger partial charge is 0.496 e. The normalized spacial score (nSPS) is 10.5. The van der Waals surface area contributed by atoms with Crippen LogP contribution in [0.1, 0.15) is 16.7 Å². The summed E-state index contributed by atoms with van der Waals surface area (Å²) >= 11 is 5.85. The first-order valence-electron chi connectivity index (χ1n) is 5.68. The van der Waals surface area contributed by atoms with E-state index in [4.69, 9.17) is 16.3 Å². The van der Waals surface area contributed by atoms with Gasteiger partial charge in [0, 0.05) is 11.8 Å². The van der Waals surface area contributed by atoms with Gasteiger partial charge in [0.05, 0.1) is 12.8 Å². The fraction of sp³-hybridized carbons (Fsp3) is 0.286. The van der Waals surface area contributed by atoms with Crippen LogP contribution in [0.15, 0.2) is 18.3 Å². The van der Waals surface area contributed by atoms with Gasteiger partial charge in [-0.1, -0.05) is 6.07 Å². The molecular weight excluding hydrogens is 248 g/mol. The molecule has 0 atom stereocenters. The van der Waals surface area contributed by atoms with Gasteiger partial charge >= 0.3 is 0 Å². The lowest BCUT2D eigenvalue weighted by Gasteiger charge is -2.16. The summed E-state index contributed by atoms with van der Waals surface area (Å²) < 4.78 is 5.53. The summed E-state index contributed by atoms with van der Waals surface area (Å²) in [5.74, 6) is 0.849. The first kappa shape index (κ1) is 12.8. The van der Waals surface area contributed by atoms with Gasteiger partial charge < -0.3 is 4.74 Å². The zero-order valence-corrected chi connectivity index (χ0v) is 11.7. The fourth-order valence-corrected chi connectivity index (χ4v) is 2.25. The van der Waals surface area contributed by atoms with Crippen molar-refractivity contribution in [1.29, 1.82) is 0 Å². The number of halogens is 1. The van der Waals surface area contributed by atoms with E-state index >= 15 is 0 Å². The lowest BCUT2D eigenvalue weighted by molar-refractivity contribution is 0.412. The minimum absolute atomic E-state index is 0.243. The van der Waals surface area contributed by atoms with Gasteiger partial charge in [0.1, 0.15) is 5.75 Å². The Bertz CT molecular complexity index is 597. The number of benzene rings is 1. The molecule has 0 aliphatic rings. The topological polar surface area (TPSA) is 35.0 Å². The van der Waals surface area contributed by atoms with Crippen LogP contribution in [0.4, 0.5) is 0 Å². The van der Waals surface area contributed by atoms with Crippen molar-refractivity contribution in [1.82, 2.24) is 9.97 Å². The van der Waals surface area contributed by atoms with E-state index in [-0.39, 0.29) is 5.28 Å². The highest BCUT2D eigenvalue weighted by Crippen LogP contribution is 2.36. The van der Waals surface area contributed by atoms with Crippen LogP contribution in [0.25, 0.3) is 11.3 Å². The molecule has 0 bridgehead atoms. The van der Waals surface area contributed by atoms with Gasteiger partial charge in [-0.3, -0.25) is 0 Å². The van der Waals surface area contributed by atoms with E-state index in [1.54, 1.807) is 13.3 Å². The molecule has 0 spiro atoms. The highest BCUT2D eigenvalue weighted by atomic mass is 35.5. The van der Waals surface area contributed by atoms with Crippen molar-refractivity contribution in [2.75, 3.05) is 7.11 Å². The van der Waals surface area contributed by atoms with Crippen molar-refractivity contribution in [3.63, 3.8) is 0 Å². The highest BCUT2D eigenvalue weighted by molar-refractivity contribution is 6.28. The fourth-order valence-electron chi connectivity index (χ4n) is 2.10. The number of aryl methyl sites for hydroxylation is 2. The minimum atomic E-state index is 0.243. The standard InChI is InChI=1S/C14H15ClN2O/c1-8-7-9(2)12(13(18-4)10(8)3)11-5-6-16-14(15)17-11/h5-7H,1-4H3. The summed E-state index contributed by atoms with van der Waals surface area (Å²) in [6.45, 7) is 6.15. The van der Waals surface area contributed by atoms with E-state index in [9.17, 15) is 0 Å². The summed E-state index contributed by atoms with van der Waals surface area (Å²) in [5, 5.41) is 0.243. The van der Waals surface area contributed by atoms with Crippen LogP contribution in [0.2, 0.25) is 5.28 Å². The Morgan fingerprint density at radius 2 is 1.89 bits per heavy atom. The van der Waals surface area contributed by atoms with Gasteiger partial charge in [-0.2, -0.15) is 0 Å². The Hall–Kier alpha value is -1.61. The summed E-state index contributed by atoms with van der Waals surface area (Å²) in [5.41, 5.74) is 5.20. The number of methoxy groups -OCH3 is 1. The summed E-state index contributed by atoms with van der Waals surface area (Å²) in [7, 11) is 1.67. The lowest BCUT2D eigenvalue weighted by Crippen LogP contribution is -1.98. The average Bonchev–Trinajstić information content (AvgIpc) is 2.33. The number of rotatable bonds is 2. The maximum atomic E-state index is 5.85. The zero-order valence-electron chi connectivity index (χ0n) is 10.9. The average molecular weight is 263 g/mol. The van der Waals surface area contributed by atoms with Gasteiger partial charge in [-0.25, -0.2) is 9.97 Å². The number of ether oxygens (including phenoxy) is 1. The van der Waals surface area contributed by atoms with Crippen molar-refractivity contribution < 1.29 is 4.74 Å². The van der Waals surface area contributed by atoms with Gasteiger partial charge in [-0.05, 0) is 55.1 Å². The third kappa shape index (κ3) is 2.18. The smallest absolute Gasteiger partial charge is 0.222 e. The molecule has 0 amide bonds. The van der Waals surface area contributed by atoms with Crippen LogP contribution in [0.5, 0.6) is 5.75 Å². The molecule has 3 nitrogen and oxygen atoms in total.